The van der Waals surface area contributed by atoms with Crippen LogP contribution in [0.3, 0.4) is 0 Å². The molecule has 0 saturated heterocycles. The molecular formula is C15H22FNO. The molecule has 0 atom stereocenters. The van der Waals surface area contributed by atoms with Gasteiger partial charge in [-0.3, -0.25) is 0 Å². The maximum atomic E-state index is 13.9. The summed E-state index contributed by atoms with van der Waals surface area (Å²) >= 11 is 0. The average molecular weight is 251 g/mol. The summed E-state index contributed by atoms with van der Waals surface area (Å²) in [6, 6.07) is 5.86. The quantitative estimate of drug-likeness (QED) is 0.825. The van der Waals surface area contributed by atoms with Gasteiger partial charge in [0.2, 0.25) is 0 Å². The highest BCUT2D eigenvalue weighted by Crippen LogP contribution is 2.21. The van der Waals surface area contributed by atoms with Crippen LogP contribution in [0, 0.1) is 5.82 Å². The van der Waals surface area contributed by atoms with E-state index >= 15 is 0 Å². The van der Waals surface area contributed by atoms with Crippen LogP contribution in [0.5, 0.6) is 5.75 Å². The first-order valence-corrected chi connectivity index (χ1v) is 6.86. The van der Waals surface area contributed by atoms with E-state index in [1.54, 1.807) is 6.07 Å². The zero-order chi connectivity index (χ0) is 12.8. The third-order valence-corrected chi connectivity index (χ3v) is 3.70. The predicted molar refractivity (Wildman–Crippen MR) is 71.3 cm³/mol. The van der Waals surface area contributed by atoms with Crippen LogP contribution in [0.15, 0.2) is 18.2 Å². The van der Waals surface area contributed by atoms with Gasteiger partial charge in [-0.15, -0.1) is 0 Å². The maximum absolute atomic E-state index is 13.9. The molecule has 2 nitrogen and oxygen atoms in total. The molecule has 1 saturated carbocycles. The van der Waals surface area contributed by atoms with Gasteiger partial charge in [-0.25, -0.2) is 4.39 Å². The molecule has 1 aliphatic rings. The first kappa shape index (κ1) is 13.3. The molecule has 0 aromatic heterocycles. The molecule has 0 heterocycles. The summed E-state index contributed by atoms with van der Waals surface area (Å²) in [6.07, 6.45) is 7.69. The highest BCUT2D eigenvalue weighted by Gasteiger charge is 2.13. The van der Waals surface area contributed by atoms with Crippen molar-refractivity contribution in [3.8, 4) is 5.75 Å². The number of hydrogen-bond acceptors (Lipinski definition) is 2. The lowest BCUT2D eigenvalue weighted by Crippen LogP contribution is -2.28. The highest BCUT2D eigenvalue weighted by atomic mass is 19.1. The minimum Gasteiger partial charge on any atom is -0.494 e. The Balaban J connectivity index is 1.92. The number of hydrogen-bond donors (Lipinski definition) is 1. The first-order chi connectivity index (χ1) is 8.81. The Labute approximate surface area is 109 Å². The molecular weight excluding hydrogens is 229 g/mol. The van der Waals surface area contributed by atoms with E-state index in [1.165, 1.54) is 45.6 Å². The van der Waals surface area contributed by atoms with Crippen LogP contribution < -0.4 is 10.1 Å². The Bertz CT molecular complexity index is 373. The molecule has 1 fully saturated rings. The van der Waals surface area contributed by atoms with Gasteiger partial charge in [-0.05, 0) is 18.9 Å². The maximum Gasteiger partial charge on any atom is 0.169 e. The van der Waals surface area contributed by atoms with E-state index in [0.29, 0.717) is 23.9 Å². The van der Waals surface area contributed by atoms with E-state index in [2.05, 4.69) is 5.32 Å². The molecule has 2 rings (SSSR count). The molecule has 1 aromatic carbocycles. The Morgan fingerprint density at radius 1 is 1.22 bits per heavy atom. The molecule has 0 unspecified atom stereocenters. The van der Waals surface area contributed by atoms with Gasteiger partial charge in [0.25, 0.3) is 0 Å². The van der Waals surface area contributed by atoms with Gasteiger partial charge in [0.1, 0.15) is 0 Å². The van der Waals surface area contributed by atoms with Crippen molar-refractivity contribution in [2.24, 2.45) is 0 Å². The van der Waals surface area contributed by atoms with Crippen molar-refractivity contribution < 1.29 is 9.13 Å². The standard InChI is InChI=1S/C15H22FNO/c1-18-14-10-6-7-12(15(14)16)11-17-13-8-4-2-3-5-9-13/h6-7,10,13,17H,2-5,8-9,11H2,1H3. The largest absolute Gasteiger partial charge is 0.494 e. The minimum absolute atomic E-state index is 0.235. The van der Waals surface area contributed by atoms with Crippen LogP contribution in [0.4, 0.5) is 4.39 Å². The SMILES string of the molecule is COc1cccc(CNC2CCCCCC2)c1F. The van der Waals surface area contributed by atoms with E-state index in [-0.39, 0.29) is 5.82 Å². The van der Waals surface area contributed by atoms with E-state index in [4.69, 9.17) is 4.74 Å². The van der Waals surface area contributed by atoms with Gasteiger partial charge in [0.15, 0.2) is 11.6 Å². The second kappa shape index (κ2) is 6.74. The Kier molecular flexibility index (Phi) is 5.00. The number of halogens is 1. The number of ether oxygens (including phenoxy) is 1. The van der Waals surface area contributed by atoms with Crippen molar-refractivity contribution in [2.45, 2.75) is 51.1 Å². The zero-order valence-electron chi connectivity index (χ0n) is 11.0. The van der Waals surface area contributed by atoms with Crippen LogP contribution in [0.1, 0.15) is 44.1 Å². The summed E-state index contributed by atoms with van der Waals surface area (Å²) in [4.78, 5) is 0. The summed E-state index contributed by atoms with van der Waals surface area (Å²) in [7, 11) is 1.50. The van der Waals surface area contributed by atoms with Crippen molar-refractivity contribution in [1.82, 2.24) is 5.32 Å². The monoisotopic (exact) mass is 251 g/mol. The second-order valence-corrected chi connectivity index (χ2v) is 5.00. The molecule has 0 radical (unpaired) electrons. The summed E-state index contributed by atoms with van der Waals surface area (Å²) in [6.45, 7) is 0.591. The normalized spacial score (nSPS) is 17.4. The zero-order valence-corrected chi connectivity index (χ0v) is 11.0. The van der Waals surface area contributed by atoms with Gasteiger partial charge in [-0.1, -0.05) is 37.8 Å². The summed E-state index contributed by atoms with van der Waals surface area (Å²) in [5, 5.41) is 3.47. The van der Waals surface area contributed by atoms with Gasteiger partial charge >= 0.3 is 0 Å². The molecule has 1 N–H and O–H groups in total. The van der Waals surface area contributed by atoms with E-state index in [1.807, 2.05) is 12.1 Å². The smallest absolute Gasteiger partial charge is 0.169 e. The Morgan fingerprint density at radius 2 is 1.94 bits per heavy atom. The van der Waals surface area contributed by atoms with Crippen LogP contribution >= 0.6 is 0 Å². The van der Waals surface area contributed by atoms with Crippen molar-refractivity contribution >= 4 is 0 Å². The fraction of sp³-hybridized carbons (Fsp3) is 0.600. The molecule has 100 valence electrons. The molecule has 18 heavy (non-hydrogen) atoms. The van der Waals surface area contributed by atoms with Crippen molar-refractivity contribution in [1.29, 1.82) is 0 Å². The lowest BCUT2D eigenvalue weighted by molar-refractivity contribution is 0.381. The average Bonchev–Trinajstić information content (AvgIpc) is 2.66. The predicted octanol–water partition coefficient (Wildman–Crippen LogP) is 3.65. The van der Waals surface area contributed by atoms with Crippen molar-refractivity contribution in [2.75, 3.05) is 7.11 Å². The number of methoxy groups -OCH3 is 1. The molecule has 1 aromatic rings. The van der Waals surface area contributed by atoms with E-state index < -0.39 is 0 Å². The Morgan fingerprint density at radius 3 is 2.61 bits per heavy atom. The van der Waals surface area contributed by atoms with Gasteiger partial charge < -0.3 is 10.1 Å². The van der Waals surface area contributed by atoms with Gasteiger partial charge in [0.05, 0.1) is 7.11 Å². The lowest BCUT2D eigenvalue weighted by Gasteiger charge is -2.16. The molecule has 0 aliphatic heterocycles. The third-order valence-electron chi connectivity index (χ3n) is 3.70. The van der Waals surface area contributed by atoms with Crippen LogP contribution in [0.25, 0.3) is 0 Å². The lowest BCUT2D eigenvalue weighted by atomic mass is 10.1. The van der Waals surface area contributed by atoms with Crippen molar-refractivity contribution in [3.05, 3.63) is 29.6 Å². The number of nitrogens with one attached hydrogen (secondary N) is 1. The topological polar surface area (TPSA) is 21.3 Å². The second-order valence-electron chi connectivity index (χ2n) is 5.00. The fourth-order valence-corrected chi connectivity index (χ4v) is 2.59. The van der Waals surface area contributed by atoms with Gasteiger partial charge in [-0.2, -0.15) is 0 Å². The van der Waals surface area contributed by atoms with Crippen molar-refractivity contribution in [3.63, 3.8) is 0 Å². The summed E-state index contributed by atoms with van der Waals surface area (Å²) in [5.74, 6) is 0.0938. The molecule has 0 amide bonds. The summed E-state index contributed by atoms with van der Waals surface area (Å²) < 4.78 is 18.9. The summed E-state index contributed by atoms with van der Waals surface area (Å²) in [5.41, 5.74) is 0.693. The molecule has 0 bridgehead atoms. The minimum atomic E-state index is -0.235. The van der Waals surface area contributed by atoms with Crippen LogP contribution in [-0.4, -0.2) is 13.2 Å². The number of benzene rings is 1. The van der Waals surface area contributed by atoms with Crippen LogP contribution in [-0.2, 0) is 6.54 Å². The van der Waals surface area contributed by atoms with Gasteiger partial charge in [0, 0.05) is 18.2 Å². The fourth-order valence-electron chi connectivity index (χ4n) is 2.59. The first-order valence-electron chi connectivity index (χ1n) is 6.86. The number of rotatable bonds is 4. The highest BCUT2D eigenvalue weighted by molar-refractivity contribution is 5.30. The van der Waals surface area contributed by atoms with Crippen LogP contribution in [0.2, 0.25) is 0 Å². The molecule has 0 spiro atoms. The molecule has 1 aliphatic carbocycles. The third kappa shape index (κ3) is 3.45. The Hall–Kier alpha value is -1.09. The van der Waals surface area contributed by atoms with E-state index in [9.17, 15) is 4.39 Å². The van der Waals surface area contributed by atoms with E-state index in [0.717, 1.165) is 0 Å². The molecule has 3 heteroatoms.